The van der Waals surface area contributed by atoms with Gasteiger partial charge >= 0.3 is 0 Å². The first-order valence-electron chi connectivity index (χ1n) is 8.12. The van der Waals surface area contributed by atoms with Crippen molar-refractivity contribution in [3.8, 4) is 0 Å². The lowest BCUT2D eigenvalue weighted by Gasteiger charge is -2.34. The van der Waals surface area contributed by atoms with Crippen molar-refractivity contribution in [2.24, 2.45) is 11.0 Å². The number of hydrogen-bond acceptors (Lipinski definition) is 3. The monoisotopic (exact) mass is 338 g/mol. The molecule has 0 spiro atoms. The van der Waals surface area contributed by atoms with Gasteiger partial charge in [-0.15, -0.1) is 0 Å². The van der Waals surface area contributed by atoms with Crippen molar-refractivity contribution in [3.05, 3.63) is 71.3 Å². The molecule has 3 rings (SSSR count). The van der Waals surface area contributed by atoms with Gasteiger partial charge in [-0.05, 0) is 32.8 Å². The van der Waals surface area contributed by atoms with Crippen molar-refractivity contribution in [3.63, 3.8) is 0 Å². The molecule has 0 saturated heterocycles. The second kappa shape index (κ2) is 6.46. The number of hydrazone groups is 1. The highest BCUT2D eigenvalue weighted by Crippen LogP contribution is 2.34. The Kier molecular flexibility index (Phi) is 4.52. The summed E-state index contributed by atoms with van der Waals surface area (Å²) in [6.07, 6.45) is 0.732. The lowest BCUT2D eigenvalue weighted by atomic mass is 9.87. The Morgan fingerprint density at radius 1 is 1.12 bits per heavy atom. The van der Waals surface area contributed by atoms with Crippen molar-refractivity contribution in [2.75, 3.05) is 0 Å². The summed E-state index contributed by atoms with van der Waals surface area (Å²) >= 11 is 5.60. The SMILES string of the molecule is CC1=NN(C(=S)c2ccc(C)cc2)C(C)(O)C1Cc1ccccc1. The third kappa shape index (κ3) is 3.12. The molecular weight excluding hydrogens is 316 g/mol. The minimum atomic E-state index is -1.14. The molecule has 1 N–H and O–H groups in total. The fraction of sp³-hybridized carbons (Fsp3) is 0.300. The van der Waals surface area contributed by atoms with E-state index < -0.39 is 5.72 Å². The first kappa shape index (κ1) is 16.8. The van der Waals surface area contributed by atoms with E-state index in [0.29, 0.717) is 4.99 Å². The Morgan fingerprint density at radius 3 is 2.38 bits per heavy atom. The molecule has 24 heavy (non-hydrogen) atoms. The van der Waals surface area contributed by atoms with Crippen LogP contribution in [0.25, 0.3) is 0 Å². The number of nitrogens with zero attached hydrogens (tertiary/aromatic N) is 2. The van der Waals surface area contributed by atoms with Crippen LogP contribution in [0.3, 0.4) is 0 Å². The van der Waals surface area contributed by atoms with Gasteiger partial charge in [0.25, 0.3) is 0 Å². The molecule has 3 nitrogen and oxygen atoms in total. The molecule has 124 valence electrons. The van der Waals surface area contributed by atoms with Crippen molar-refractivity contribution in [2.45, 2.75) is 32.9 Å². The van der Waals surface area contributed by atoms with Crippen molar-refractivity contribution in [1.82, 2.24) is 5.01 Å². The first-order valence-corrected chi connectivity index (χ1v) is 8.53. The van der Waals surface area contributed by atoms with Gasteiger partial charge in [-0.1, -0.05) is 72.4 Å². The summed E-state index contributed by atoms with van der Waals surface area (Å²) in [5, 5.41) is 17.3. The molecule has 2 unspecified atom stereocenters. The number of rotatable bonds is 3. The highest BCUT2D eigenvalue weighted by molar-refractivity contribution is 7.80. The van der Waals surface area contributed by atoms with E-state index in [4.69, 9.17) is 12.2 Å². The zero-order chi connectivity index (χ0) is 17.3. The quantitative estimate of drug-likeness (QED) is 0.862. The Labute approximate surface area is 148 Å². The van der Waals surface area contributed by atoms with E-state index in [1.54, 1.807) is 11.9 Å². The van der Waals surface area contributed by atoms with Gasteiger partial charge in [0.05, 0.1) is 5.92 Å². The average molecular weight is 338 g/mol. The Morgan fingerprint density at radius 2 is 1.75 bits per heavy atom. The number of hydrogen-bond donors (Lipinski definition) is 1. The van der Waals surface area contributed by atoms with Crippen LogP contribution in [0.5, 0.6) is 0 Å². The Bertz CT molecular complexity index is 766. The van der Waals surface area contributed by atoms with Crippen LogP contribution in [0.15, 0.2) is 59.7 Å². The summed E-state index contributed by atoms with van der Waals surface area (Å²) in [5.74, 6) is -0.0942. The average Bonchev–Trinajstić information content (AvgIpc) is 2.79. The standard InChI is InChI=1S/C20H22N2OS/c1-14-9-11-17(12-10-14)19(24)22-20(3,23)18(15(2)21-22)13-16-7-5-4-6-8-16/h4-12,18,23H,13H2,1-3H3. The molecule has 1 aliphatic rings. The van der Waals surface area contributed by atoms with Crippen LogP contribution in [-0.4, -0.2) is 26.5 Å². The van der Waals surface area contributed by atoms with E-state index in [1.807, 2.05) is 56.3 Å². The van der Waals surface area contributed by atoms with E-state index in [9.17, 15) is 5.11 Å². The molecule has 2 atom stereocenters. The van der Waals surface area contributed by atoms with E-state index in [1.165, 1.54) is 11.1 Å². The zero-order valence-electron chi connectivity index (χ0n) is 14.2. The minimum absolute atomic E-state index is 0.0942. The van der Waals surface area contributed by atoms with Gasteiger partial charge in [0, 0.05) is 11.3 Å². The summed E-state index contributed by atoms with van der Waals surface area (Å²) < 4.78 is 0. The van der Waals surface area contributed by atoms with Crippen molar-refractivity contribution in [1.29, 1.82) is 0 Å². The fourth-order valence-corrected chi connectivity index (χ4v) is 3.49. The lowest BCUT2D eigenvalue weighted by Crippen LogP contribution is -2.49. The summed E-state index contributed by atoms with van der Waals surface area (Å²) in [6.45, 7) is 5.79. The second-order valence-electron chi connectivity index (χ2n) is 6.56. The molecule has 1 aliphatic heterocycles. The molecule has 0 fully saturated rings. The third-order valence-corrected chi connectivity index (χ3v) is 5.03. The highest BCUT2D eigenvalue weighted by atomic mass is 32.1. The molecular formula is C20H22N2OS. The Balaban J connectivity index is 1.86. The molecule has 0 aliphatic carbocycles. The van der Waals surface area contributed by atoms with E-state index in [-0.39, 0.29) is 5.92 Å². The normalized spacial score (nSPS) is 23.2. The maximum absolute atomic E-state index is 11.2. The van der Waals surface area contributed by atoms with Gasteiger partial charge in [0.1, 0.15) is 4.99 Å². The van der Waals surface area contributed by atoms with Crippen LogP contribution < -0.4 is 0 Å². The maximum Gasteiger partial charge on any atom is 0.165 e. The highest BCUT2D eigenvalue weighted by Gasteiger charge is 2.46. The molecule has 0 amide bonds. The number of benzene rings is 2. The van der Waals surface area contributed by atoms with Crippen LogP contribution in [0.1, 0.15) is 30.5 Å². The minimum Gasteiger partial charge on any atom is -0.369 e. The van der Waals surface area contributed by atoms with E-state index in [2.05, 4.69) is 17.2 Å². The molecule has 0 radical (unpaired) electrons. The first-order chi connectivity index (χ1) is 11.4. The van der Waals surface area contributed by atoms with Crippen LogP contribution >= 0.6 is 12.2 Å². The fourth-order valence-electron chi connectivity index (χ4n) is 3.13. The summed E-state index contributed by atoms with van der Waals surface area (Å²) in [7, 11) is 0. The van der Waals surface area contributed by atoms with Crippen molar-refractivity contribution >= 4 is 22.9 Å². The van der Waals surface area contributed by atoms with E-state index >= 15 is 0 Å². The zero-order valence-corrected chi connectivity index (χ0v) is 15.0. The topological polar surface area (TPSA) is 35.8 Å². The summed E-state index contributed by atoms with van der Waals surface area (Å²) in [5.41, 5.74) is 3.02. The second-order valence-corrected chi connectivity index (χ2v) is 6.95. The van der Waals surface area contributed by atoms with Gasteiger partial charge in [-0.2, -0.15) is 5.10 Å². The van der Waals surface area contributed by atoms with Crippen LogP contribution in [-0.2, 0) is 6.42 Å². The van der Waals surface area contributed by atoms with Gasteiger partial charge < -0.3 is 5.11 Å². The molecule has 0 saturated carbocycles. The lowest BCUT2D eigenvalue weighted by molar-refractivity contribution is -0.0636. The van der Waals surface area contributed by atoms with Crippen molar-refractivity contribution < 1.29 is 5.11 Å². The van der Waals surface area contributed by atoms with Gasteiger partial charge in [-0.25, -0.2) is 5.01 Å². The van der Waals surface area contributed by atoms with Crippen LogP contribution in [0.2, 0.25) is 0 Å². The smallest absolute Gasteiger partial charge is 0.165 e. The number of thiocarbonyl (C=S) groups is 1. The molecule has 0 bridgehead atoms. The van der Waals surface area contributed by atoms with Crippen LogP contribution in [0, 0.1) is 12.8 Å². The predicted molar refractivity (Wildman–Crippen MR) is 102 cm³/mol. The summed E-state index contributed by atoms with van der Waals surface area (Å²) in [4.78, 5) is 0.551. The predicted octanol–water partition coefficient (Wildman–Crippen LogP) is 3.93. The van der Waals surface area contributed by atoms with Crippen LogP contribution in [0.4, 0.5) is 0 Å². The third-order valence-electron chi connectivity index (χ3n) is 4.62. The van der Waals surface area contributed by atoms with Gasteiger partial charge in [-0.3, -0.25) is 0 Å². The molecule has 1 heterocycles. The largest absolute Gasteiger partial charge is 0.369 e. The van der Waals surface area contributed by atoms with Gasteiger partial charge in [0.15, 0.2) is 5.72 Å². The number of aliphatic hydroxyl groups is 1. The maximum atomic E-state index is 11.2. The molecule has 2 aromatic rings. The van der Waals surface area contributed by atoms with E-state index in [0.717, 1.165) is 17.7 Å². The molecule has 0 aromatic heterocycles. The molecule has 4 heteroatoms. The van der Waals surface area contributed by atoms with Gasteiger partial charge in [0.2, 0.25) is 0 Å². The summed E-state index contributed by atoms with van der Waals surface area (Å²) in [6, 6.07) is 18.2. The number of aryl methyl sites for hydroxylation is 1. The Hall–Kier alpha value is -2.04. The molecule has 2 aromatic carbocycles.